The maximum Gasteiger partial charge on any atom is 0.283 e. The Kier molecular flexibility index (Phi) is 1.33. The monoisotopic (exact) mass is 162 g/mol. The Morgan fingerprint density at radius 2 is 2.17 bits per heavy atom. The Morgan fingerprint density at radius 3 is 3.00 bits per heavy atom. The normalized spacial score (nSPS) is 10.3. The van der Waals surface area contributed by atoms with Gasteiger partial charge in [-0.05, 0) is 12.1 Å². The van der Waals surface area contributed by atoms with Gasteiger partial charge in [-0.3, -0.25) is 9.78 Å². The number of aromatic nitrogens is 2. The predicted molar refractivity (Wildman–Crippen MR) is 43.2 cm³/mol. The fourth-order valence-electron chi connectivity index (χ4n) is 1.07. The Morgan fingerprint density at radius 1 is 1.33 bits per heavy atom. The number of hydrogen-bond acceptors (Lipinski definition) is 3. The van der Waals surface area contributed by atoms with Crippen molar-refractivity contribution in [1.29, 1.82) is 0 Å². The molecule has 0 saturated carbocycles. The van der Waals surface area contributed by atoms with E-state index in [0.29, 0.717) is 10.2 Å². The van der Waals surface area contributed by atoms with Gasteiger partial charge in [-0.1, -0.05) is 0 Å². The molecule has 0 atom stereocenters. The van der Waals surface area contributed by atoms with Crippen molar-refractivity contribution in [3.8, 4) is 0 Å². The van der Waals surface area contributed by atoms with Crippen molar-refractivity contribution in [2.45, 2.75) is 0 Å². The lowest BCUT2D eigenvalue weighted by Gasteiger charge is -1.99. The summed E-state index contributed by atoms with van der Waals surface area (Å²) >= 11 is 0. The molecule has 2 rings (SSSR count). The molecular formula is C8H6N2O2. The highest BCUT2D eigenvalue weighted by Gasteiger charge is 1.98. The Balaban J connectivity index is 3.01. The molecule has 4 heteroatoms. The standard InChI is InChI=1S/C8H6N2O2/c11-8-2-1-6-5-9-4-3-7(6)10(8)12/h1-5,12H. The summed E-state index contributed by atoms with van der Waals surface area (Å²) in [7, 11) is 0. The van der Waals surface area contributed by atoms with E-state index in [1.807, 2.05) is 0 Å². The van der Waals surface area contributed by atoms with Crippen molar-refractivity contribution < 1.29 is 5.21 Å². The second kappa shape index (κ2) is 2.34. The average Bonchev–Trinajstić information content (AvgIpc) is 2.12. The second-order valence-electron chi connectivity index (χ2n) is 2.42. The zero-order chi connectivity index (χ0) is 8.55. The molecule has 12 heavy (non-hydrogen) atoms. The van der Waals surface area contributed by atoms with Crippen molar-refractivity contribution in [3.05, 3.63) is 40.9 Å². The van der Waals surface area contributed by atoms with E-state index in [2.05, 4.69) is 4.98 Å². The van der Waals surface area contributed by atoms with Gasteiger partial charge in [0.2, 0.25) is 0 Å². The molecular weight excluding hydrogens is 156 g/mol. The lowest BCUT2D eigenvalue weighted by atomic mass is 10.3. The quantitative estimate of drug-likeness (QED) is 0.578. The van der Waals surface area contributed by atoms with E-state index in [1.54, 1.807) is 18.3 Å². The molecule has 0 bridgehead atoms. The third kappa shape index (κ3) is 0.852. The Labute approximate surface area is 67.7 Å². The Bertz CT molecular complexity index is 476. The molecule has 2 heterocycles. The molecule has 2 aromatic rings. The maximum atomic E-state index is 10.9. The van der Waals surface area contributed by atoms with Gasteiger partial charge < -0.3 is 5.21 Å². The van der Waals surface area contributed by atoms with Gasteiger partial charge in [0.05, 0.1) is 5.52 Å². The molecule has 0 aliphatic carbocycles. The van der Waals surface area contributed by atoms with E-state index in [1.165, 1.54) is 12.3 Å². The van der Waals surface area contributed by atoms with Gasteiger partial charge in [-0.2, -0.15) is 0 Å². The summed E-state index contributed by atoms with van der Waals surface area (Å²) in [5, 5.41) is 9.97. The molecule has 0 saturated heterocycles. The second-order valence-corrected chi connectivity index (χ2v) is 2.42. The summed E-state index contributed by atoms with van der Waals surface area (Å²) in [6.07, 6.45) is 3.11. The van der Waals surface area contributed by atoms with E-state index in [9.17, 15) is 10.0 Å². The minimum absolute atomic E-state index is 0.436. The number of rotatable bonds is 0. The first-order valence-electron chi connectivity index (χ1n) is 3.44. The van der Waals surface area contributed by atoms with E-state index in [-0.39, 0.29) is 0 Å². The van der Waals surface area contributed by atoms with Crippen molar-refractivity contribution in [1.82, 2.24) is 9.71 Å². The first-order chi connectivity index (χ1) is 5.79. The molecule has 0 radical (unpaired) electrons. The van der Waals surface area contributed by atoms with Crippen molar-refractivity contribution >= 4 is 10.9 Å². The lowest BCUT2D eigenvalue weighted by Crippen LogP contribution is -2.15. The van der Waals surface area contributed by atoms with Crippen LogP contribution in [0, 0.1) is 0 Å². The van der Waals surface area contributed by atoms with Crippen LogP contribution in [0.15, 0.2) is 35.4 Å². The summed E-state index contributed by atoms with van der Waals surface area (Å²) in [5.41, 5.74) is 0.0335. The third-order valence-electron chi connectivity index (χ3n) is 1.67. The molecule has 0 aliphatic rings. The minimum atomic E-state index is -0.436. The number of pyridine rings is 2. The highest BCUT2D eigenvalue weighted by Crippen LogP contribution is 2.06. The van der Waals surface area contributed by atoms with E-state index in [0.717, 1.165) is 5.39 Å². The van der Waals surface area contributed by atoms with Crippen LogP contribution in [-0.4, -0.2) is 14.9 Å². The molecule has 0 fully saturated rings. The number of fused-ring (bicyclic) bond motifs is 1. The van der Waals surface area contributed by atoms with Crippen LogP contribution in [0.5, 0.6) is 0 Å². The van der Waals surface area contributed by atoms with Gasteiger partial charge in [0.1, 0.15) is 0 Å². The molecule has 0 spiro atoms. The smallest absolute Gasteiger partial charge is 0.283 e. The van der Waals surface area contributed by atoms with Crippen LogP contribution in [0.2, 0.25) is 0 Å². The van der Waals surface area contributed by atoms with E-state index in [4.69, 9.17) is 0 Å². The fraction of sp³-hybridized carbons (Fsp3) is 0. The van der Waals surface area contributed by atoms with Gasteiger partial charge in [0.25, 0.3) is 5.56 Å². The molecule has 0 amide bonds. The first kappa shape index (κ1) is 6.84. The summed E-state index contributed by atoms with van der Waals surface area (Å²) in [4.78, 5) is 14.8. The van der Waals surface area contributed by atoms with Crippen LogP contribution in [0.3, 0.4) is 0 Å². The Hall–Kier alpha value is -1.84. The van der Waals surface area contributed by atoms with Crippen LogP contribution >= 0.6 is 0 Å². The number of nitrogens with zero attached hydrogens (tertiary/aromatic N) is 2. The molecule has 60 valence electrons. The first-order valence-corrected chi connectivity index (χ1v) is 3.44. The van der Waals surface area contributed by atoms with Crippen LogP contribution in [0.4, 0.5) is 0 Å². The van der Waals surface area contributed by atoms with Gasteiger partial charge in [-0.15, -0.1) is 4.73 Å². The molecule has 0 aromatic carbocycles. The van der Waals surface area contributed by atoms with Gasteiger partial charge in [0.15, 0.2) is 0 Å². The average molecular weight is 162 g/mol. The maximum absolute atomic E-state index is 10.9. The van der Waals surface area contributed by atoms with Crippen LogP contribution in [0.25, 0.3) is 10.9 Å². The summed E-state index contributed by atoms with van der Waals surface area (Å²) in [6.45, 7) is 0. The minimum Gasteiger partial charge on any atom is -0.425 e. The van der Waals surface area contributed by atoms with Crippen LogP contribution in [-0.2, 0) is 0 Å². The fourth-order valence-corrected chi connectivity index (χ4v) is 1.07. The molecule has 1 N–H and O–H groups in total. The lowest BCUT2D eigenvalue weighted by molar-refractivity contribution is 0.188. The van der Waals surface area contributed by atoms with Crippen LogP contribution in [0.1, 0.15) is 0 Å². The van der Waals surface area contributed by atoms with Gasteiger partial charge in [0, 0.05) is 23.8 Å². The predicted octanol–water partition coefficient (Wildman–Crippen LogP) is 0.634. The van der Waals surface area contributed by atoms with Gasteiger partial charge >= 0.3 is 0 Å². The summed E-state index contributed by atoms with van der Waals surface area (Å²) < 4.78 is 0.608. The van der Waals surface area contributed by atoms with E-state index < -0.39 is 5.56 Å². The molecule has 4 nitrogen and oxygen atoms in total. The van der Waals surface area contributed by atoms with E-state index >= 15 is 0 Å². The largest absolute Gasteiger partial charge is 0.425 e. The van der Waals surface area contributed by atoms with Crippen molar-refractivity contribution in [2.24, 2.45) is 0 Å². The summed E-state index contributed by atoms with van der Waals surface area (Å²) in [6, 6.07) is 4.50. The van der Waals surface area contributed by atoms with Crippen molar-refractivity contribution in [2.75, 3.05) is 0 Å². The summed E-state index contributed by atoms with van der Waals surface area (Å²) in [5.74, 6) is 0. The molecule has 2 aromatic heterocycles. The highest BCUT2D eigenvalue weighted by atomic mass is 16.5. The SMILES string of the molecule is O=c1ccc2cnccc2n1O. The van der Waals surface area contributed by atoms with Crippen LogP contribution < -0.4 is 5.56 Å². The molecule has 0 unspecified atom stereocenters. The number of hydrogen-bond donors (Lipinski definition) is 1. The molecule has 0 aliphatic heterocycles. The topological polar surface area (TPSA) is 55.1 Å². The zero-order valence-electron chi connectivity index (χ0n) is 6.14. The highest BCUT2D eigenvalue weighted by molar-refractivity contribution is 5.77. The zero-order valence-corrected chi connectivity index (χ0v) is 6.14. The third-order valence-corrected chi connectivity index (χ3v) is 1.67. The van der Waals surface area contributed by atoms with Gasteiger partial charge in [-0.25, -0.2) is 0 Å². The van der Waals surface area contributed by atoms with Crippen molar-refractivity contribution in [3.63, 3.8) is 0 Å².